The molecule has 1 aliphatic rings. The molecule has 26 heavy (non-hydrogen) atoms. The van der Waals surface area contributed by atoms with Gasteiger partial charge in [-0.2, -0.15) is 0 Å². The molecule has 2 aromatic rings. The van der Waals surface area contributed by atoms with Crippen LogP contribution in [0.3, 0.4) is 0 Å². The summed E-state index contributed by atoms with van der Waals surface area (Å²) in [4.78, 5) is 29.4. The summed E-state index contributed by atoms with van der Waals surface area (Å²) in [5.74, 6) is -0.510. The van der Waals surface area contributed by atoms with Gasteiger partial charge in [-0.15, -0.1) is 0 Å². The second-order valence-corrected chi connectivity index (χ2v) is 5.87. The summed E-state index contributed by atoms with van der Waals surface area (Å²) in [5, 5.41) is 9.14. The summed E-state index contributed by atoms with van der Waals surface area (Å²) in [5.41, 5.74) is 1.24. The number of hydrogen-bond acceptors (Lipinski definition) is 5. The lowest BCUT2D eigenvalue weighted by molar-refractivity contribution is -0.135. The zero-order valence-corrected chi connectivity index (χ0v) is 14.1. The molecule has 7 nitrogen and oxygen atoms in total. The summed E-state index contributed by atoms with van der Waals surface area (Å²) in [7, 11) is 0. The molecule has 0 spiro atoms. The topological polar surface area (TPSA) is 92.9 Å². The van der Waals surface area contributed by atoms with E-state index in [0.717, 1.165) is 0 Å². The molecule has 0 saturated carbocycles. The van der Waals surface area contributed by atoms with Gasteiger partial charge in [0.15, 0.2) is 0 Å². The highest BCUT2D eigenvalue weighted by Crippen LogP contribution is 2.17. The van der Waals surface area contributed by atoms with Gasteiger partial charge < -0.3 is 19.9 Å². The summed E-state index contributed by atoms with van der Waals surface area (Å²) in [6.45, 7) is 1.82. The van der Waals surface area contributed by atoms with Crippen molar-refractivity contribution in [3.8, 4) is 0 Å². The van der Waals surface area contributed by atoms with E-state index in [1.54, 1.807) is 31.2 Å². The van der Waals surface area contributed by atoms with Crippen molar-refractivity contribution in [3.05, 3.63) is 59.8 Å². The van der Waals surface area contributed by atoms with E-state index in [-0.39, 0.29) is 24.7 Å². The van der Waals surface area contributed by atoms with Crippen molar-refractivity contribution in [2.45, 2.75) is 32.0 Å². The van der Waals surface area contributed by atoms with E-state index in [4.69, 9.17) is 9.25 Å². The quantitative estimate of drug-likeness (QED) is 0.822. The highest BCUT2D eigenvalue weighted by molar-refractivity contribution is 6.04. The van der Waals surface area contributed by atoms with Crippen molar-refractivity contribution < 1.29 is 23.2 Å². The molecule has 0 aliphatic carbocycles. The first-order valence-corrected chi connectivity index (χ1v) is 8.12. The molecule has 1 aromatic heterocycles. The van der Waals surface area contributed by atoms with Crippen LogP contribution >= 0.6 is 0 Å². The van der Waals surface area contributed by atoms with Crippen LogP contribution in [0.15, 0.2) is 52.2 Å². The van der Waals surface area contributed by atoms with E-state index >= 15 is 0 Å². The van der Waals surface area contributed by atoms with Gasteiger partial charge in [0.25, 0.3) is 5.91 Å². The van der Waals surface area contributed by atoms with Crippen LogP contribution in [0.25, 0.3) is 0 Å². The highest BCUT2D eigenvalue weighted by atomic mass is 19.1. The van der Waals surface area contributed by atoms with Crippen LogP contribution in [-0.2, 0) is 21.0 Å². The third kappa shape index (κ3) is 4.27. The molecule has 136 valence electrons. The summed E-state index contributed by atoms with van der Waals surface area (Å²) >= 11 is 0. The third-order valence-corrected chi connectivity index (χ3v) is 3.91. The Morgan fingerprint density at radius 2 is 2.08 bits per heavy atom. The second kappa shape index (κ2) is 7.81. The fourth-order valence-electron chi connectivity index (χ4n) is 2.44. The first-order chi connectivity index (χ1) is 12.5. The molecular formula is C18H18FN3O4. The number of carbonyl (C=O) groups is 2. The normalized spacial score (nSPS) is 17.2. The van der Waals surface area contributed by atoms with E-state index in [0.29, 0.717) is 17.0 Å². The average molecular weight is 359 g/mol. The van der Waals surface area contributed by atoms with E-state index in [1.807, 2.05) is 0 Å². The Balaban J connectivity index is 1.47. The minimum absolute atomic E-state index is 0.240. The predicted molar refractivity (Wildman–Crippen MR) is 90.6 cm³/mol. The van der Waals surface area contributed by atoms with Crippen molar-refractivity contribution in [1.82, 2.24) is 10.6 Å². The number of oxime groups is 1. The maximum Gasteiger partial charge on any atom is 0.264 e. The first kappa shape index (κ1) is 17.7. The number of nitrogens with zero attached hydrogens (tertiary/aromatic N) is 1. The Bertz CT molecular complexity index is 802. The van der Waals surface area contributed by atoms with Gasteiger partial charge in [0.05, 0.1) is 18.5 Å². The number of halogens is 1. The number of rotatable bonds is 6. The van der Waals surface area contributed by atoms with Gasteiger partial charge in [0.1, 0.15) is 17.6 Å². The SMILES string of the molecule is C[C@@H](NC(=O)[C@H]1CC(c2ccc(F)cc2)=NO1)C(=O)NCc1ccco1. The van der Waals surface area contributed by atoms with Crippen molar-refractivity contribution in [1.29, 1.82) is 0 Å². The average Bonchev–Trinajstić information content (AvgIpc) is 3.32. The second-order valence-electron chi connectivity index (χ2n) is 5.87. The molecule has 8 heteroatoms. The fraction of sp³-hybridized carbons (Fsp3) is 0.278. The molecule has 0 bridgehead atoms. The Morgan fingerprint density at radius 1 is 1.31 bits per heavy atom. The molecule has 1 aromatic carbocycles. The van der Waals surface area contributed by atoms with Crippen molar-refractivity contribution >= 4 is 17.5 Å². The minimum atomic E-state index is -0.824. The van der Waals surface area contributed by atoms with Crippen LogP contribution in [0.1, 0.15) is 24.7 Å². The predicted octanol–water partition coefficient (Wildman–Crippen LogP) is 1.73. The number of hydrogen-bond donors (Lipinski definition) is 2. The molecule has 0 saturated heterocycles. The summed E-state index contributed by atoms with van der Waals surface area (Å²) < 4.78 is 18.1. The Morgan fingerprint density at radius 3 is 2.77 bits per heavy atom. The van der Waals surface area contributed by atoms with E-state index in [1.165, 1.54) is 18.4 Å². The zero-order chi connectivity index (χ0) is 18.5. The van der Waals surface area contributed by atoms with Gasteiger partial charge in [0.2, 0.25) is 12.0 Å². The molecule has 3 rings (SSSR count). The number of benzene rings is 1. The molecule has 0 unspecified atom stereocenters. The number of amides is 2. The molecule has 1 aliphatic heterocycles. The van der Waals surface area contributed by atoms with Crippen LogP contribution in [0.2, 0.25) is 0 Å². The van der Waals surface area contributed by atoms with E-state index in [9.17, 15) is 14.0 Å². The van der Waals surface area contributed by atoms with Gasteiger partial charge in [-0.3, -0.25) is 9.59 Å². The lowest BCUT2D eigenvalue weighted by Crippen LogP contribution is -2.47. The van der Waals surface area contributed by atoms with Crippen LogP contribution in [-0.4, -0.2) is 29.7 Å². The highest BCUT2D eigenvalue weighted by Gasteiger charge is 2.30. The van der Waals surface area contributed by atoms with Gasteiger partial charge in [-0.1, -0.05) is 17.3 Å². The number of carbonyl (C=O) groups excluding carboxylic acids is 2. The fourth-order valence-corrected chi connectivity index (χ4v) is 2.44. The van der Waals surface area contributed by atoms with Gasteiger partial charge >= 0.3 is 0 Å². The molecule has 2 amide bonds. The maximum absolute atomic E-state index is 13.0. The zero-order valence-electron chi connectivity index (χ0n) is 14.1. The minimum Gasteiger partial charge on any atom is -0.467 e. The van der Waals surface area contributed by atoms with Crippen LogP contribution in [0.4, 0.5) is 4.39 Å². The lowest BCUT2D eigenvalue weighted by atomic mass is 10.0. The van der Waals surface area contributed by atoms with Crippen LogP contribution < -0.4 is 10.6 Å². The van der Waals surface area contributed by atoms with Crippen molar-refractivity contribution in [2.24, 2.45) is 5.16 Å². The number of furan rings is 1. The first-order valence-electron chi connectivity index (χ1n) is 8.12. The smallest absolute Gasteiger partial charge is 0.264 e. The Kier molecular flexibility index (Phi) is 5.31. The molecule has 0 radical (unpaired) electrons. The van der Waals surface area contributed by atoms with E-state index in [2.05, 4.69) is 15.8 Å². The largest absolute Gasteiger partial charge is 0.467 e. The van der Waals surface area contributed by atoms with E-state index < -0.39 is 18.1 Å². The standard InChI is InChI=1S/C18H18FN3O4/c1-11(17(23)20-10-14-3-2-8-25-14)21-18(24)16-9-15(22-26-16)12-4-6-13(19)7-5-12/h2-8,11,16H,9-10H2,1H3,(H,20,23)(H,21,24)/t11-,16-/m1/s1. The van der Waals surface area contributed by atoms with Gasteiger partial charge in [-0.25, -0.2) is 4.39 Å². The van der Waals surface area contributed by atoms with Gasteiger partial charge in [-0.05, 0) is 36.8 Å². The van der Waals surface area contributed by atoms with Crippen molar-refractivity contribution in [2.75, 3.05) is 0 Å². The van der Waals surface area contributed by atoms with Crippen LogP contribution in [0.5, 0.6) is 0 Å². The molecular weight excluding hydrogens is 341 g/mol. The van der Waals surface area contributed by atoms with Crippen LogP contribution in [0, 0.1) is 5.82 Å². The lowest BCUT2D eigenvalue weighted by Gasteiger charge is -2.15. The molecule has 2 N–H and O–H groups in total. The Labute approximate surface area is 149 Å². The summed E-state index contributed by atoms with van der Waals surface area (Å²) in [6.07, 6.45) is 0.941. The van der Waals surface area contributed by atoms with Crippen molar-refractivity contribution in [3.63, 3.8) is 0 Å². The van der Waals surface area contributed by atoms with Gasteiger partial charge in [0, 0.05) is 6.42 Å². The molecule has 2 atom stereocenters. The molecule has 0 fully saturated rings. The summed E-state index contributed by atoms with van der Waals surface area (Å²) in [6, 6.07) is 8.50. The third-order valence-electron chi connectivity index (χ3n) is 3.91. The Hall–Kier alpha value is -3.16. The number of nitrogens with one attached hydrogen (secondary N) is 2. The monoisotopic (exact) mass is 359 g/mol. The maximum atomic E-state index is 13.0. The molecule has 2 heterocycles.